The molecule has 0 spiro atoms. The normalized spacial score (nSPS) is 10.8. The van der Waals surface area contributed by atoms with Crippen LogP contribution in [0.25, 0.3) is 0 Å². The summed E-state index contributed by atoms with van der Waals surface area (Å²) in [5.41, 5.74) is 3.58. The number of halogens is 1. The second-order valence-corrected chi connectivity index (χ2v) is 6.32. The molecule has 3 aromatic rings. The summed E-state index contributed by atoms with van der Waals surface area (Å²) in [6.45, 7) is 5.31. The number of carbonyl (C=O) groups is 1. The SMILES string of the molecule is CCn1ncc(Br)c1C(=O)Nc1cnn(Cc2ccccc2C)c1. The van der Waals surface area contributed by atoms with Crippen LogP contribution in [0.1, 0.15) is 28.5 Å². The molecule has 1 aromatic carbocycles. The van der Waals surface area contributed by atoms with Crippen molar-refractivity contribution < 1.29 is 4.79 Å². The van der Waals surface area contributed by atoms with E-state index in [1.54, 1.807) is 17.1 Å². The van der Waals surface area contributed by atoms with E-state index in [4.69, 9.17) is 0 Å². The van der Waals surface area contributed by atoms with Crippen LogP contribution in [0.3, 0.4) is 0 Å². The van der Waals surface area contributed by atoms with Crippen LogP contribution >= 0.6 is 15.9 Å². The number of rotatable bonds is 5. The van der Waals surface area contributed by atoms with Crippen molar-refractivity contribution in [2.24, 2.45) is 0 Å². The fourth-order valence-electron chi connectivity index (χ4n) is 2.49. The third-order valence-electron chi connectivity index (χ3n) is 3.79. The largest absolute Gasteiger partial charge is 0.318 e. The Morgan fingerprint density at radius 3 is 2.79 bits per heavy atom. The van der Waals surface area contributed by atoms with Gasteiger partial charge in [-0.2, -0.15) is 10.2 Å². The predicted octanol–water partition coefficient (Wildman–Crippen LogP) is 3.47. The van der Waals surface area contributed by atoms with Gasteiger partial charge in [-0.05, 0) is 40.9 Å². The molecule has 0 aliphatic carbocycles. The summed E-state index contributed by atoms with van der Waals surface area (Å²) in [5, 5.41) is 11.3. The van der Waals surface area contributed by atoms with Gasteiger partial charge >= 0.3 is 0 Å². The number of amides is 1. The van der Waals surface area contributed by atoms with Crippen molar-refractivity contribution in [2.45, 2.75) is 26.9 Å². The molecule has 3 rings (SSSR count). The molecule has 2 aromatic heterocycles. The van der Waals surface area contributed by atoms with E-state index in [0.29, 0.717) is 28.9 Å². The first-order valence-corrected chi connectivity index (χ1v) is 8.47. The summed E-state index contributed by atoms with van der Waals surface area (Å²) in [7, 11) is 0. The zero-order valence-electron chi connectivity index (χ0n) is 13.5. The quantitative estimate of drug-likeness (QED) is 0.728. The number of hydrogen-bond acceptors (Lipinski definition) is 3. The molecule has 0 saturated carbocycles. The monoisotopic (exact) mass is 387 g/mol. The lowest BCUT2D eigenvalue weighted by Crippen LogP contribution is -2.17. The van der Waals surface area contributed by atoms with Crippen molar-refractivity contribution in [3.05, 3.63) is 64.1 Å². The Labute approximate surface area is 148 Å². The lowest BCUT2D eigenvalue weighted by molar-refractivity contribution is 0.101. The molecule has 0 radical (unpaired) electrons. The summed E-state index contributed by atoms with van der Waals surface area (Å²) in [5.74, 6) is -0.211. The van der Waals surface area contributed by atoms with Gasteiger partial charge in [0.15, 0.2) is 0 Å². The van der Waals surface area contributed by atoms with Gasteiger partial charge in [0, 0.05) is 12.7 Å². The lowest BCUT2D eigenvalue weighted by atomic mass is 10.1. The Morgan fingerprint density at radius 2 is 2.04 bits per heavy atom. The van der Waals surface area contributed by atoms with Crippen LogP contribution in [0.5, 0.6) is 0 Å². The van der Waals surface area contributed by atoms with Crippen molar-refractivity contribution in [3.8, 4) is 0 Å². The Morgan fingerprint density at radius 1 is 1.25 bits per heavy atom. The van der Waals surface area contributed by atoms with Crippen LogP contribution in [-0.2, 0) is 13.1 Å². The van der Waals surface area contributed by atoms with E-state index < -0.39 is 0 Å². The maximum absolute atomic E-state index is 12.5. The first-order chi connectivity index (χ1) is 11.6. The van der Waals surface area contributed by atoms with Gasteiger partial charge in [0.05, 0.1) is 29.1 Å². The number of aromatic nitrogens is 4. The van der Waals surface area contributed by atoms with Crippen LogP contribution in [0.2, 0.25) is 0 Å². The highest BCUT2D eigenvalue weighted by Crippen LogP contribution is 2.18. The first kappa shape index (κ1) is 16.4. The maximum atomic E-state index is 12.5. The molecule has 24 heavy (non-hydrogen) atoms. The van der Waals surface area contributed by atoms with Gasteiger partial charge in [0.25, 0.3) is 5.91 Å². The maximum Gasteiger partial charge on any atom is 0.275 e. The van der Waals surface area contributed by atoms with Crippen LogP contribution < -0.4 is 5.32 Å². The Hall–Kier alpha value is -2.41. The molecule has 1 amide bonds. The molecule has 1 N–H and O–H groups in total. The number of aryl methyl sites for hydroxylation is 2. The first-order valence-electron chi connectivity index (χ1n) is 7.68. The van der Waals surface area contributed by atoms with Crippen LogP contribution in [0.4, 0.5) is 5.69 Å². The van der Waals surface area contributed by atoms with Crippen LogP contribution in [0.15, 0.2) is 47.3 Å². The minimum absolute atomic E-state index is 0.211. The van der Waals surface area contributed by atoms with E-state index >= 15 is 0 Å². The summed E-state index contributed by atoms with van der Waals surface area (Å²) in [6.07, 6.45) is 5.10. The predicted molar refractivity (Wildman–Crippen MR) is 96.1 cm³/mol. The number of nitrogens with one attached hydrogen (secondary N) is 1. The topological polar surface area (TPSA) is 64.7 Å². The Balaban J connectivity index is 1.73. The third kappa shape index (κ3) is 3.41. The zero-order valence-corrected chi connectivity index (χ0v) is 15.1. The van der Waals surface area contributed by atoms with Gasteiger partial charge in [0.1, 0.15) is 5.69 Å². The highest BCUT2D eigenvalue weighted by Gasteiger charge is 2.17. The van der Waals surface area contributed by atoms with Gasteiger partial charge in [-0.25, -0.2) is 0 Å². The molecule has 7 heteroatoms. The minimum Gasteiger partial charge on any atom is -0.318 e. The summed E-state index contributed by atoms with van der Waals surface area (Å²) in [6, 6.07) is 8.18. The number of carbonyl (C=O) groups excluding carboxylic acids is 1. The van der Waals surface area contributed by atoms with Gasteiger partial charge in [-0.15, -0.1) is 0 Å². The van der Waals surface area contributed by atoms with E-state index in [9.17, 15) is 4.79 Å². The van der Waals surface area contributed by atoms with Crippen LogP contribution in [-0.4, -0.2) is 25.5 Å². The van der Waals surface area contributed by atoms with E-state index in [1.807, 2.05) is 29.9 Å². The fourth-order valence-corrected chi connectivity index (χ4v) is 2.97. The van der Waals surface area contributed by atoms with Crippen molar-refractivity contribution in [1.29, 1.82) is 0 Å². The molecule has 0 bridgehead atoms. The zero-order chi connectivity index (χ0) is 17.1. The summed E-state index contributed by atoms with van der Waals surface area (Å²) < 4.78 is 4.13. The lowest BCUT2D eigenvalue weighted by Gasteiger charge is -2.06. The molecule has 0 aliphatic heterocycles. The van der Waals surface area contributed by atoms with Gasteiger partial charge in [0.2, 0.25) is 0 Å². The van der Waals surface area contributed by atoms with E-state index in [0.717, 1.165) is 0 Å². The molecule has 0 saturated heterocycles. The second kappa shape index (κ2) is 7.00. The average molecular weight is 388 g/mol. The van der Waals surface area contributed by atoms with Crippen molar-refractivity contribution in [1.82, 2.24) is 19.6 Å². The van der Waals surface area contributed by atoms with Crippen molar-refractivity contribution in [2.75, 3.05) is 5.32 Å². The fraction of sp³-hybridized carbons (Fsp3) is 0.235. The molecule has 2 heterocycles. The van der Waals surface area contributed by atoms with Gasteiger partial charge in [-0.3, -0.25) is 14.2 Å². The van der Waals surface area contributed by atoms with Crippen LogP contribution in [0, 0.1) is 6.92 Å². The molecular weight excluding hydrogens is 370 g/mol. The number of anilines is 1. The summed E-state index contributed by atoms with van der Waals surface area (Å²) in [4.78, 5) is 12.5. The Kier molecular flexibility index (Phi) is 4.80. The van der Waals surface area contributed by atoms with Gasteiger partial charge in [-0.1, -0.05) is 24.3 Å². The summed E-state index contributed by atoms with van der Waals surface area (Å²) >= 11 is 3.36. The van der Waals surface area contributed by atoms with Crippen molar-refractivity contribution in [3.63, 3.8) is 0 Å². The van der Waals surface area contributed by atoms with E-state index in [-0.39, 0.29) is 5.91 Å². The molecule has 0 aliphatic rings. The molecule has 6 nitrogen and oxygen atoms in total. The van der Waals surface area contributed by atoms with E-state index in [2.05, 4.69) is 50.5 Å². The number of nitrogens with zero attached hydrogens (tertiary/aromatic N) is 4. The molecule has 0 atom stereocenters. The highest BCUT2D eigenvalue weighted by molar-refractivity contribution is 9.10. The Bertz CT molecular complexity index is 868. The molecule has 0 unspecified atom stereocenters. The van der Waals surface area contributed by atoms with Crippen molar-refractivity contribution >= 4 is 27.5 Å². The number of benzene rings is 1. The highest BCUT2D eigenvalue weighted by atomic mass is 79.9. The molecular formula is C17H18BrN5O. The third-order valence-corrected chi connectivity index (χ3v) is 4.37. The molecule has 0 fully saturated rings. The average Bonchev–Trinajstić information content (AvgIpc) is 3.15. The molecule has 124 valence electrons. The number of hydrogen-bond donors (Lipinski definition) is 1. The standard InChI is InChI=1S/C17H18BrN5O/c1-3-23-16(15(18)9-20-23)17(24)21-14-8-19-22(11-14)10-13-7-5-4-6-12(13)2/h4-9,11H,3,10H2,1-2H3,(H,21,24). The minimum atomic E-state index is -0.211. The van der Waals surface area contributed by atoms with E-state index in [1.165, 1.54) is 11.1 Å². The smallest absolute Gasteiger partial charge is 0.275 e. The second-order valence-electron chi connectivity index (χ2n) is 5.46. The van der Waals surface area contributed by atoms with Gasteiger partial charge < -0.3 is 5.32 Å².